The van der Waals surface area contributed by atoms with Crippen molar-refractivity contribution >= 4 is 40.6 Å². The number of carbonyl (C=O) groups is 2. The first kappa shape index (κ1) is 22.7. The number of Topliss-reactive ketones (excluding diaryl/α,β-unsaturated/α-hetero) is 1. The Labute approximate surface area is 197 Å². The first-order chi connectivity index (χ1) is 15.1. The fourth-order valence-electron chi connectivity index (χ4n) is 4.73. The predicted octanol–water partition coefficient (Wildman–Crippen LogP) is 6.17. The molecule has 4 rings (SSSR count). The fourth-order valence-corrected chi connectivity index (χ4v) is 5.23. The summed E-state index contributed by atoms with van der Waals surface area (Å²) in [4.78, 5) is 28.6. The van der Waals surface area contributed by atoms with Gasteiger partial charge >= 0.3 is 0 Å². The van der Waals surface area contributed by atoms with Gasteiger partial charge in [0.1, 0.15) is 11.5 Å². The standard InChI is InChI=1S/C25H25Cl2NO4/c1-25(2)12-20-24(21(29)13-25)17(16-10-15(31-3)6-8-22(16)32-4)11-23(30)28(20)19-7-5-14(26)9-18(19)27/h5-10,17H,11-13H2,1-4H3. The van der Waals surface area contributed by atoms with Gasteiger partial charge in [-0.05, 0) is 48.2 Å². The van der Waals surface area contributed by atoms with E-state index in [1.54, 1.807) is 49.5 Å². The van der Waals surface area contributed by atoms with Crippen LogP contribution in [0.4, 0.5) is 5.69 Å². The van der Waals surface area contributed by atoms with Crippen LogP contribution in [0.5, 0.6) is 11.5 Å². The van der Waals surface area contributed by atoms with Gasteiger partial charge in [0.2, 0.25) is 5.91 Å². The van der Waals surface area contributed by atoms with E-state index in [2.05, 4.69) is 0 Å². The molecule has 0 N–H and O–H groups in total. The summed E-state index contributed by atoms with van der Waals surface area (Å²) in [6.07, 6.45) is 1.10. The Morgan fingerprint density at radius 2 is 1.75 bits per heavy atom. The Kier molecular flexibility index (Phi) is 5.99. The van der Waals surface area contributed by atoms with Crippen molar-refractivity contribution < 1.29 is 19.1 Å². The lowest BCUT2D eigenvalue weighted by Gasteiger charge is -2.43. The number of rotatable bonds is 4. The number of hydrogen-bond acceptors (Lipinski definition) is 4. The van der Waals surface area contributed by atoms with E-state index in [4.69, 9.17) is 32.7 Å². The number of anilines is 1. The molecule has 0 saturated carbocycles. The lowest BCUT2D eigenvalue weighted by Crippen LogP contribution is -2.43. The van der Waals surface area contributed by atoms with E-state index in [0.29, 0.717) is 51.3 Å². The van der Waals surface area contributed by atoms with Gasteiger partial charge in [0.05, 0.1) is 24.9 Å². The second-order valence-corrected chi connectivity index (χ2v) is 9.83. The van der Waals surface area contributed by atoms with Crippen molar-refractivity contribution in [2.75, 3.05) is 19.1 Å². The predicted molar refractivity (Wildman–Crippen MR) is 126 cm³/mol. The molecule has 0 aromatic heterocycles. The van der Waals surface area contributed by atoms with Crippen molar-refractivity contribution in [1.29, 1.82) is 0 Å². The molecule has 168 valence electrons. The van der Waals surface area contributed by atoms with E-state index in [-0.39, 0.29) is 23.5 Å². The minimum Gasteiger partial charge on any atom is -0.497 e. The van der Waals surface area contributed by atoms with Crippen LogP contribution >= 0.6 is 23.2 Å². The molecule has 1 aliphatic carbocycles. The fraction of sp³-hybridized carbons (Fsp3) is 0.360. The van der Waals surface area contributed by atoms with Gasteiger partial charge < -0.3 is 9.47 Å². The molecule has 1 amide bonds. The molecule has 2 aromatic carbocycles. The van der Waals surface area contributed by atoms with E-state index >= 15 is 0 Å². The Hall–Kier alpha value is -2.50. The van der Waals surface area contributed by atoms with Crippen LogP contribution in [-0.2, 0) is 9.59 Å². The number of amides is 1. The number of halogens is 2. The Balaban J connectivity index is 1.95. The SMILES string of the molecule is COc1ccc(OC)c(C2CC(=O)N(c3ccc(Cl)cc3Cl)C3=C2C(=O)CC(C)(C)C3)c1. The molecule has 1 unspecified atom stereocenters. The third-order valence-electron chi connectivity index (χ3n) is 6.11. The van der Waals surface area contributed by atoms with E-state index in [0.717, 1.165) is 5.56 Å². The van der Waals surface area contributed by atoms with Crippen LogP contribution in [-0.4, -0.2) is 25.9 Å². The highest BCUT2D eigenvalue weighted by molar-refractivity contribution is 6.37. The van der Waals surface area contributed by atoms with Crippen LogP contribution in [0.3, 0.4) is 0 Å². The summed E-state index contributed by atoms with van der Waals surface area (Å²) in [5.41, 5.74) is 2.36. The van der Waals surface area contributed by atoms with E-state index in [1.165, 1.54) is 0 Å². The lowest BCUT2D eigenvalue weighted by atomic mass is 9.69. The maximum absolute atomic E-state index is 13.6. The summed E-state index contributed by atoms with van der Waals surface area (Å²) in [5.74, 6) is 0.740. The van der Waals surface area contributed by atoms with Crippen LogP contribution in [0.2, 0.25) is 10.0 Å². The lowest BCUT2D eigenvalue weighted by molar-refractivity contribution is -0.121. The molecule has 5 nitrogen and oxygen atoms in total. The highest BCUT2D eigenvalue weighted by Crippen LogP contribution is 2.50. The summed E-state index contributed by atoms with van der Waals surface area (Å²) < 4.78 is 11.0. The number of ketones is 1. The highest BCUT2D eigenvalue weighted by atomic mass is 35.5. The highest BCUT2D eigenvalue weighted by Gasteiger charge is 2.45. The minimum absolute atomic E-state index is 0.0358. The third kappa shape index (κ3) is 4.00. The van der Waals surface area contributed by atoms with Gasteiger partial charge in [-0.25, -0.2) is 0 Å². The van der Waals surface area contributed by atoms with Crippen molar-refractivity contribution in [3.8, 4) is 11.5 Å². The van der Waals surface area contributed by atoms with Crippen molar-refractivity contribution in [2.45, 2.75) is 39.0 Å². The van der Waals surface area contributed by atoms with Crippen LogP contribution in [0.25, 0.3) is 0 Å². The van der Waals surface area contributed by atoms with Crippen LogP contribution in [0, 0.1) is 5.41 Å². The summed E-state index contributed by atoms with van der Waals surface area (Å²) in [6, 6.07) is 10.5. The van der Waals surface area contributed by atoms with Crippen molar-refractivity contribution in [1.82, 2.24) is 0 Å². The largest absolute Gasteiger partial charge is 0.497 e. The second kappa shape index (κ2) is 8.45. The molecule has 2 aliphatic rings. The Bertz CT molecular complexity index is 1140. The van der Waals surface area contributed by atoms with Gasteiger partial charge in [-0.1, -0.05) is 37.0 Å². The first-order valence-electron chi connectivity index (χ1n) is 10.4. The smallest absolute Gasteiger partial charge is 0.232 e. The van der Waals surface area contributed by atoms with E-state index in [9.17, 15) is 9.59 Å². The van der Waals surface area contributed by atoms with Gasteiger partial charge in [0, 0.05) is 40.6 Å². The molecule has 1 atom stereocenters. The number of methoxy groups -OCH3 is 2. The zero-order valence-electron chi connectivity index (χ0n) is 18.5. The maximum Gasteiger partial charge on any atom is 0.232 e. The molecule has 0 radical (unpaired) electrons. The molecule has 0 spiro atoms. The molecule has 1 aliphatic heterocycles. The van der Waals surface area contributed by atoms with Gasteiger partial charge in [-0.2, -0.15) is 0 Å². The monoisotopic (exact) mass is 473 g/mol. The Morgan fingerprint density at radius 1 is 1.00 bits per heavy atom. The second-order valence-electron chi connectivity index (χ2n) is 8.99. The van der Waals surface area contributed by atoms with Crippen LogP contribution in [0.1, 0.15) is 44.6 Å². The number of hydrogen-bond donors (Lipinski definition) is 0. The number of nitrogens with zero attached hydrogens (tertiary/aromatic N) is 1. The van der Waals surface area contributed by atoms with Crippen LogP contribution in [0.15, 0.2) is 47.7 Å². The molecule has 0 bridgehead atoms. The van der Waals surface area contributed by atoms with Gasteiger partial charge in [0.15, 0.2) is 5.78 Å². The maximum atomic E-state index is 13.6. The zero-order chi connectivity index (χ0) is 23.2. The first-order valence-corrected chi connectivity index (χ1v) is 11.2. The third-order valence-corrected chi connectivity index (χ3v) is 6.64. The quantitative estimate of drug-likeness (QED) is 0.532. The molecule has 2 aromatic rings. The number of benzene rings is 2. The van der Waals surface area contributed by atoms with Gasteiger partial charge in [-0.15, -0.1) is 0 Å². The van der Waals surface area contributed by atoms with Crippen molar-refractivity contribution in [3.63, 3.8) is 0 Å². The van der Waals surface area contributed by atoms with Gasteiger partial charge in [-0.3, -0.25) is 14.5 Å². The number of allylic oxidation sites excluding steroid dienone is 2. The molecular weight excluding hydrogens is 449 g/mol. The topological polar surface area (TPSA) is 55.8 Å². The Morgan fingerprint density at radius 3 is 2.41 bits per heavy atom. The molecule has 32 heavy (non-hydrogen) atoms. The summed E-state index contributed by atoms with van der Waals surface area (Å²) >= 11 is 12.6. The van der Waals surface area contributed by atoms with E-state index < -0.39 is 5.92 Å². The average molecular weight is 474 g/mol. The molecule has 1 heterocycles. The molecule has 0 saturated heterocycles. The van der Waals surface area contributed by atoms with Crippen LogP contribution < -0.4 is 14.4 Å². The summed E-state index contributed by atoms with van der Waals surface area (Å²) in [6.45, 7) is 4.08. The zero-order valence-corrected chi connectivity index (χ0v) is 20.0. The molecule has 7 heteroatoms. The van der Waals surface area contributed by atoms with Crippen molar-refractivity contribution in [2.24, 2.45) is 5.41 Å². The number of ether oxygens (including phenoxy) is 2. The molecule has 0 fully saturated rings. The van der Waals surface area contributed by atoms with Crippen molar-refractivity contribution in [3.05, 3.63) is 63.3 Å². The molecular formula is C25H25Cl2NO4. The minimum atomic E-state index is -0.423. The summed E-state index contributed by atoms with van der Waals surface area (Å²) in [5, 5.41) is 0.849. The normalized spacial score (nSPS) is 20.3. The summed E-state index contributed by atoms with van der Waals surface area (Å²) in [7, 11) is 3.16. The average Bonchev–Trinajstić information content (AvgIpc) is 2.72. The van der Waals surface area contributed by atoms with E-state index in [1.807, 2.05) is 19.9 Å². The number of carbonyl (C=O) groups excluding carboxylic acids is 2. The van der Waals surface area contributed by atoms with Gasteiger partial charge in [0.25, 0.3) is 0 Å².